The molecule has 0 bridgehead atoms. The lowest BCUT2D eigenvalue weighted by atomic mass is 10.2. The van der Waals surface area contributed by atoms with E-state index in [9.17, 15) is 13.2 Å². The fourth-order valence-corrected chi connectivity index (χ4v) is 3.92. The molecule has 0 fully saturated rings. The highest BCUT2D eigenvalue weighted by molar-refractivity contribution is 7.89. The molecule has 1 rings (SSSR count). The summed E-state index contributed by atoms with van der Waals surface area (Å²) in [7, 11) is -3.98. The van der Waals surface area contributed by atoms with E-state index in [1.54, 1.807) is 6.92 Å². The molecule has 0 amide bonds. The smallest absolute Gasteiger partial charge is 0.338 e. The molecule has 1 atom stereocenters. The fourth-order valence-electron chi connectivity index (χ4n) is 1.72. The van der Waals surface area contributed by atoms with Crippen LogP contribution in [0.3, 0.4) is 0 Å². The standard InChI is InChI=1S/C12H15Cl2NO5S/c1-7(3-2-6-16)15-21(19,20)9-5-4-8(13)10(11(9)14)12(17)18/h4-5,7,15-16H,2-3,6H2,1H3,(H,17,18). The van der Waals surface area contributed by atoms with Crippen LogP contribution in [-0.4, -0.2) is 37.2 Å². The van der Waals surface area contributed by atoms with Gasteiger partial charge in [0, 0.05) is 12.6 Å². The number of halogens is 2. The van der Waals surface area contributed by atoms with Gasteiger partial charge in [-0.25, -0.2) is 17.9 Å². The van der Waals surface area contributed by atoms with Crippen LogP contribution in [0, 0.1) is 0 Å². The number of carbonyl (C=O) groups is 1. The minimum atomic E-state index is -3.98. The van der Waals surface area contributed by atoms with Crippen molar-refractivity contribution in [2.75, 3.05) is 6.61 Å². The van der Waals surface area contributed by atoms with Crippen LogP contribution in [0.15, 0.2) is 17.0 Å². The number of hydrogen-bond donors (Lipinski definition) is 3. The molecular weight excluding hydrogens is 341 g/mol. The Hall–Kier alpha value is -0.860. The predicted octanol–water partition coefficient (Wildman–Crippen LogP) is 2.13. The Morgan fingerprint density at radius 2 is 2.00 bits per heavy atom. The molecule has 9 heteroatoms. The van der Waals surface area contributed by atoms with Crippen molar-refractivity contribution < 1.29 is 23.4 Å². The van der Waals surface area contributed by atoms with Gasteiger partial charge in [-0.05, 0) is 31.9 Å². The highest BCUT2D eigenvalue weighted by atomic mass is 35.5. The Balaban J connectivity index is 3.15. The van der Waals surface area contributed by atoms with Gasteiger partial charge in [0.2, 0.25) is 10.0 Å². The van der Waals surface area contributed by atoms with E-state index in [0.29, 0.717) is 12.8 Å². The summed E-state index contributed by atoms with van der Waals surface area (Å²) in [5.41, 5.74) is -0.454. The van der Waals surface area contributed by atoms with Crippen LogP contribution < -0.4 is 4.72 Å². The SMILES string of the molecule is CC(CCCO)NS(=O)(=O)c1ccc(Cl)c(C(=O)O)c1Cl. The highest BCUT2D eigenvalue weighted by Gasteiger charge is 2.25. The lowest BCUT2D eigenvalue weighted by Crippen LogP contribution is -2.33. The van der Waals surface area contributed by atoms with Crippen LogP contribution in [0.2, 0.25) is 10.0 Å². The van der Waals surface area contributed by atoms with Crippen molar-refractivity contribution in [1.82, 2.24) is 4.72 Å². The van der Waals surface area contributed by atoms with Crippen molar-refractivity contribution in [3.05, 3.63) is 27.7 Å². The fraction of sp³-hybridized carbons (Fsp3) is 0.417. The summed E-state index contributed by atoms with van der Waals surface area (Å²) in [5, 5.41) is 17.2. The Labute approximate surface area is 132 Å². The molecule has 0 saturated heterocycles. The molecule has 0 heterocycles. The third kappa shape index (κ3) is 4.55. The van der Waals surface area contributed by atoms with E-state index in [1.165, 1.54) is 6.07 Å². The van der Waals surface area contributed by atoms with Crippen molar-refractivity contribution in [2.45, 2.75) is 30.7 Å². The zero-order valence-corrected chi connectivity index (χ0v) is 13.5. The van der Waals surface area contributed by atoms with E-state index in [-0.39, 0.29) is 16.5 Å². The van der Waals surface area contributed by atoms with Gasteiger partial charge in [-0.2, -0.15) is 0 Å². The maximum Gasteiger partial charge on any atom is 0.338 e. The van der Waals surface area contributed by atoms with Crippen molar-refractivity contribution in [2.24, 2.45) is 0 Å². The minimum absolute atomic E-state index is 0.0447. The second kappa shape index (κ2) is 7.42. The van der Waals surface area contributed by atoms with Crippen molar-refractivity contribution in [3.8, 4) is 0 Å². The maximum absolute atomic E-state index is 12.2. The largest absolute Gasteiger partial charge is 0.478 e. The van der Waals surface area contributed by atoms with Crippen LogP contribution >= 0.6 is 23.2 Å². The number of sulfonamides is 1. The molecule has 6 nitrogen and oxygen atoms in total. The predicted molar refractivity (Wildman–Crippen MR) is 79.5 cm³/mol. The van der Waals surface area contributed by atoms with E-state index < -0.39 is 32.6 Å². The van der Waals surface area contributed by atoms with Gasteiger partial charge in [0.1, 0.15) is 4.90 Å². The average Bonchev–Trinajstić information content (AvgIpc) is 2.34. The summed E-state index contributed by atoms with van der Waals surface area (Å²) in [6, 6.07) is 1.89. The zero-order chi connectivity index (χ0) is 16.2. The molecule has 1 unspecified atom stereocenters. The molecule has 0 aliphatic heterocycles. The number of hydrogen-bond acceptors (Lipinski definition) is 4. The minimum Gasteiger partial charge on any atom is -0.478 e. The van der Waals surface area contributed by atoms with Gasteiger partial charge < -0.3 is 10.2 Å². The van der Waals surface area contributed by atoms with Gasteiger partial charge in [-0.1, -0.05) is 23.2 Å². The van der Waals surface area contributed by atoms with Crippen LogP contribution in [0.25, 0.3) is 0 Å². The molecule has 0 aromatic heterocycles. The summed E-state index contributed by atoms with van der Waals surface area (Å²) in [6.07, 6.45) is 0.880. The lowest BCUT2D eigenvalue weighted by Gasteiger charge is -2.15. The van der Waals surface area contributed by atoms with Gasteiger partial charge in [-0.3, -0.25) is 0 Å². The summed E-state index contributed by atoms with van der Waals surface area (Å²) in [4.78, 5) is 10.7. The van der Waals surface area contributed by atoms with E-state index in [1.807, 2.05) is 0 Å². The van der Waals surface area contributed by atoms with E-state index >= 15 is 0 Å². The van der Waals surface area contributed by atoms with Gasteiger partial charge >= 0.3 is 5.97 Å². The number of rotatable bonds is 7. The Kier molecular flexibility index (Phi) is 6.42. The molecule has 1 aromatic carbocycles. The number of aromatic carboxylic acids is 1. The lowest BCUT2D eigenvalue weighted by molar-refractivity contribution is 0.0697. The van der Waals surface area contributed by atoms with E-state index in [0.717, 1.165) is 6.07 Å². The Morgan fingerprint density at radius 3 is 2.52 bits per heavy atom. The molecular formula is C12H15Cl2NO5S. The second-order valence-electron chi connectivity index (χ2n) is 4.43. The van der Waals surface area contributed by atoms with Crippen molar-refractivity contribution in [1.29, 1.82) is 0 Å². The first-order valence-electron chi connectivity index (χ1n) is 6.05. The normalized spacial score (nSPS) is 13.1. The summed E-state index contributed by atoms with van der Waals surface area (Å²) in [6.45, 7) is 1.59. The number of aliphatic hydroxyl groups is 1. The first kappa shape index (κ1) is 18.2. The molecule has 21 heavy (non-hydrogen) atoms. The molecule has 0 aliphatic rings. The molecule has 0 saturated carbocycles. The maximum atomic E-state index is 12.2. The molecule has 1 aromatic rings. The third-order valence-corrected chi connectivity index (χ3v) is 5.16. The third-order valence-electron chi connectivity index (χ3n) is 2.71. The number of benzene rings is 1. The first-order chi connectivity index (χ1) is 9.70. The quantitative estimate of drug-likeness (QED) is 0.694. The highest BCUT2D eigenvalue weighted by Crippen LogP contribution is 2.31. The molecule has 3 N–H and O–H groups in total. The van der Waals surface area contributed by atoms with Gasteiger partial charge in [0.25, 0.3) is 0 Å². The number of carboxylic acids is 1. The van der Waals surface area contributed by atoms with Crippen LogP contribution in [0.5, 0.6) is 0 Å². The van der Waals surface area contributed by atoms with Crippen LogP contribution in [0.4, 0.5) is 0 Å². The molecule has 0 aliphatic carbocycles. The van der Waals surface area contributed by atoms with Gasteiger partial charge in [0.05, 0.1) is 15.6 Å². The summed E-state index contributed by atoms with van der Waals surface area (Å²) >= 11 is 11.6. The number of aliphatic hydroxyl groups excluding tert-OH is 1. The van der Waals surface area contributed by atoms with Crippen molar-refractivity contribution >= 4 is 39.2 Å². The number of nitrogens with one attached hydrogen (secondary N) is 1. The molecule has 0 spiro atoms. The zero-order valence-electron chi connectivity index (χ0n) is 11.1. The average molecular weight is 356 g/mol. The monoisotopic (exact) mass is 355 g/mol. The summed E-state index contributed by atoms with van der Waals surface area (Å²) < 4.78 is 26.8. The van der Waals surface area contributed by atoms with Gasteiger partial charge in [0.15, 0.2) is 0 Å². The first-order valence-corrected chi connectivity index (χ1v) is 8.29. The van der Waals surface area contributed by atoms with E-state index in [2.05, 4.69) is 4.72 Å². The Bertz CT molecular complexity index is 633. The molecule has 118 valence electrons. The topological polar surface area (TPSA) is 104 Å². The number of carboxylic acid groups (broad SMARTS) is 1. The van der Waals surface area contributed by atoms with Gasteiger partial charge in [-0.15, -0.1) is 0 Å². The van der Waals surface area contributed by atoms with Crippen molar-refractivity contribution in [3.63, 3.8) is 0 Å². The second-order valence-corrected chi connectivity index (χ2v) is 6.90. The Morgan fingerprint density at radius 1 is 1.38 bits per heavy atom. The van der Waals surface area contributed by atoms with Crippen LogP contribution in [-0.2, 0) is 10.0 Å². The summed E-state index contributed by atoms with van der Waals surface area (Å²) in [5.74, 6) is -1.41. The van der Waals surface area contributed by atoms with Crippen LogP contribution in [0.1, 0.15) is 30.1 Å². The van der Waals surface area contributed by atoms with E-state index in [4.69, 9.17) is 33.4 Å². The molecule has 0 radical (unpaired) electrons.